The van der Waals surface area contributed by atoms with Gasteiger partial charge in [-0.15, -0.1) is 0 Å². The summed E-state index contributed by atoms with van der Waals surface area (Å²) >= 11 is 0. The summed E-state index contributed by atoms with van der Waals surface area (Å²) in [6, 6.07) is 0.228. The molecule has 3 heteroatoms. The Morgan fingerprint density at radius 1 is 1.33 bits per heavy atom. The largest absolute Gasteiger partial charge is 0.353 e. The Hall–Kier alpha value is -0.570. The summed E-state index contributed by atoms with van der Waals surface area (Å²) in [6.45, 7) is 2.67. The summed E-state index contributed by atoms with van der Waals surface area (Å²) in [5, 5.41) is 3.06. The van der Waals surface area contributed by atoms with Crippen LogP contribution in [0.1, 0.15) is 51.9 Å². The van der Waals surface area contributed by atoms with Crippen molar-refractivity contribution < 1.29 is 4.79 Å². The Morgan fingerprint density at radius 2 is 1.93 bits per heavy atom. The number of carbonyl (C=O) groups excluding carboxylic acids is 1. The van der Waals surface area contributed by atoms with Crippen molar-refractivity contribution in [2.45, 2.75) is 57.9 Å². The fourth-order valence-corrected chi connectivity index (χ4v) is 2.22. The molecular weight excluding hydrogens is 188 g/mol. The normalized spacial score (nSPS) is 20.7. The molecule has 1 aliphatic carbocycles. The maximum absolute atomic E-state index is 11.9. The zero-order chi connectivity index (χ0) is 11.1. The van der Waals surface area contributed by atoms with E-state index in [0.717, 1.165) is 19.3 Å². The molecule has 0 radical (unpaired) electrons. The van der Waals surface area contributed by atoms with Crippen LogP contribution in [0.4, 0.5) is 0 Å². The SMILES string of the molecule is CC(CCN)NC(=O)C1CCCCCC1. The molecule has 1 unspecified atom stereocenters. The van der Waals surface area contributed by atoms with Gasteiger partial charge in [-0.1, -0.05) is 25.7 Å². The van der Waals surface area contributed by atoms with Crippen LogP contribution in [-0.2, 0) is 4.79 Å². The summed E-state index contributed by atoms with van der Waals surface area (Å²) < 4.78 is 0. The summed E-state index contributed by atoms with van der Waals surface area (Å²) in [5.41, 5.74) is 5.46. The Balaban J connectivity index is 2.30. The summed E-state index contributed by atoms with van der Waals surface area (Å²) in [7, 11) is 0. The summed E-state index contributed by atoms with van der Waals surface area (Å²) in [5.74, 6) is 0.505. The van der Waals surface area contributed by atoms with Gasteiger partial charge in [0, 0.05) is 12.0 Å². The van der Waals surface area contributed by atoms with E-state index < -0.39 is 0 Å². The molecule has 15 heavy (non-hydrogen) atoms. The predicted octanol–water partition coefficient (Wildman–Crippen LogP) is 1.81. The topological polar surface area (TPSA) is 55.1 Å². The van der Waals surface area contributed by atoms with Crippen LogP contribution in [0, 0.1) is 5.92 Å². The molecule has 0 aliphatic heterocycles. The number of amides is 1. The fourth-order valence-electron chi connectivity index (χ4n) is 2.22. The van der Waals surface area contributed by atoms with E-state index in [4.69, 9.17) is 5.73 Å². The highest BCUT2D eigenvalue weighted by Crippen LogP contribution is 2.22. The van der Waals surface area contributed by atoms with Crippen LogP contribution < -0.4 is 11.1 Å². The molecule has 1 aliphatic rings. The summed E-state index contributed by atoms with van der Waals surface area (Å²) in [4.78, 5) is 11.9. The highest BCUT2D eigenvalue weighted by Gasteiger charge is 2.20. The molecule has 1 rings (SSSR count). The number of carbonyl (C=O) groups is 1. The number of rotatable bonds is 4. The van der Waals surface area contributed by atoms with Crippen LogP contribution in [0.5, 0.6) is 0 Å². The lowest BCUT2D eigenvalue weighted by molar-refractivity contribution is -0.126. The van der Waals surface area contributed by atoms with Gasteiger partial charge in [-0.3, -0.25) is 4.79 Å². The smallest absolute Gasteiger partial charge is 0.223 e. The lowest BCUT2D eigenvalue weighted by atomic mass is 9.99. The molecule has 0 aromatic rings. The molecule has 0 bridgehead atoms. The highest BCUT2D eigenvalue weighted by molar-refractivity contribution is 5.78. The average molecular weight is 212 g/mol. The number of hydrogen-bond acceptors (Lipinski definition) is 2. The first-order valence-corrected chi connectivity index (χ1v) is 6.24. The molecule has 1 atom stereocenters. The van der Waals surface area contributed by atoms with Crippen molar-refractivity contribution in [1.82, 2.24) is 5.32 Å². The summed E-state index contributed by atoms with van der Waals surface area (Å²) in [6.07, 6.45) is 8.03. The molecule has 0 aromatic heterocycles. The molecule has 1 amide bonds. The molecule has 1 fully saturated rings. The van der Waals surface area contributed by atoms with Crippen LogP contribution >= 0.6 is 0 Å². The first-order valence-electron chi connectivity index (χ1n) is 6.24. The first-order chi connectivity index (χ1) is 7.24. The predicted molar refractivity (Wildman–Crippen MR) is 62.5 cm³/mol. The molecule has 0 aromatic carbocycles. The molecule has 3 nitrogen and oxygen atoms in total. The third-order valence-corrected chi connectivity index (χ3v) is 3.21. The van der Waals surface area contributed by atoms with Gasteiger partial charge >= 0.3 is 0 Å². The third-order valence-electron chi connectivity index (χ3n) is 3.21. The monoisotopic (exact) mass is 212 g/mol. The van der Waals surface area contributed by atoms with E-state index in [0.29, 0.717) is 6.54 Å². The van der Waals surface area contributed by atoms with E-state index in [9.17, 15) is 4.79 Å². The minimum atomic E-state index is 0.228. The van der Waals surface area contributed by atoms with Crippen LogP contribution in [-0.4, -0.2) is 18.5 Å². The molecule has 88 valence electrons. The lowest BCUT2D eigenvalue weighted by Crippen LogP contribution is -2.38. The van der Waals surface area contributed by atoms with E-state index in [1.165, 1.54) is 25.7 Å². The maximum Gasteiger partial charge on any atom is 0.223 e. The second kappa shape index (κ2) is 6.83. The highest BCUT2D eigenvalue weighted by atomic mass is 16.1. The van der Waals surface area contributed by atoms with Crippen LogP contribution in [0.25, 0.3) is 0 Å². The molecular formula is C12H24N2O. The Bertz CT molecular complexity index is 186. The fraction of sp³-hybridized carbons (Fsp3) is 0.917. The van der Waals surface area contributed by atoms with Gasteiger partial charge in [0.2, 0.25) is 5.91 Å². The lowest BCUT2D eigenvalue weighted by Gasteiger charge is -2.18. The second-order valence-electron chi connectivity index (χ2n) is 4.68. The second-order valence-corrected chi connectivity index (χ2v) is 4.68. The van der Waals surface area contributed by atoms with Crippen molar-refractivity contribution >= 4 is 5.91 Å². The van der Waals surface area contributed by atoms with E-state index in [1.54, 1.807) is 0 Å². The van der Waals surface area contributed by atoms with Crippen LogP contribution in [0.3, 0.4) is 0 Å². The van der Waals surface area contributed by atoms with Gasteiger partial charge in [0.25, 0.3) is 0 Å². The standard InChI is InChI=1S/C12H24N2O/c1-10(8-9-13)14-12(15)11-6-4-2-3-5-7-11/h10-11H,2-9,13H2,1H3,(H,14,15). The maximum atomic E-state index is 11.9. The van der Waals surface area contributed by atoms with Gasteiger partial charge in [0.1, 0.15) is 0 Å². The zero-order valence-corrected chi connectivity index (χ0v) is 9.80. The molecule has 3 N–H and O–H groups in total. The van der Waals surface area contributed by atoms with Crippen molar-refractivity contribution in [3.63, 3.8) is 0 Å². The number of nitrogens with one attached hydrogen (secondary N) is 1. The van der Waals surface area contributed by atoms with Crippen molar-refractivity contribution in [3.8, 4) is 0 Å². The molecule has 1 saturated carbocycles. The number of hydrogen-bond donors (Lipinski definition) is 2. The van der Waals surface area contributed by atoms with Gasteiger partial charge in [0.05, 0.1) is 0 Å². The van der Waals surface area contributed by atoms with Crippen molar-refractivity contribution in [2.24, 2.45) is 11.7 Å². The Kier molecular flexibility index (Phi) is 5.69. The third kappa shape index (κ3) is 4.65. The average Bonchev–Trinajstić information content (AvgIpc) is 2.45. The van der Waals surface area contributed by atoms with Crippen LogP contribution in [0.2, 0.25) is 0 Å². The Morgan fingerprint density at radius 3 is 2.47 bits per heavy atom. The minimum absolute atomic E-state index is 0.228. The van der Waals surface area contributed by atoms with E-state index in [-0.39, 0.29) is 17.9 Å². The van der Waals surface area contributed by atoms with Gasteiger partial charge in [-0.25, -0.2) is 0 Å². The van der Waals surface area contributed by atoms with E-state index >= 15 is 0 Å². The van der Waals surface area contributed by atoms with Gasteiger partial charge in [-0.05, 0) is 32.7 Å². The molecule has 0 spiro atoms. The van der Waals surface area contributed by atoms with Gasteiger partial charge < -0.3 is 11.1 Å². The zero-order valence-electron chi connectivity index (χ0n) is 9.80. The molecule has 0 heterocycles. The van der Waals surface area contributed by atoms with E-state index in [1.807, 2.05) is 6.92 Å². The number of nitrogens with two attached hydrogens (primary N) is 1. The van der Waals surface area contributed by atoms with Crippen molar-refractivity contribution in [3.05, 3.63) is 0 Å². The van der Waals surface area contributed by atoms with Crippen LogP contribution in [0.15, 0.2) is 0 Å². The molecule has 0 saturated heterocycles. The van der Waals surface area contributed by atoms with E-state index in [2.05, 4.69) is 5.32 Å². The van der Waals surface area contributed by atoms with Gasteiger partial charge in [0.15, 0.2) is 0 Å². The minimum Gasteiger partial charge on any atom is -0.353 e. The quantitative estimate of drug-likeness (QED) is 0.698. The Labute approximate surface area is 92.8 Å². The van der Waals surface area contributed by atoms with Crippen molar-refractivity contribution in [1.29, 1.82) is 0 Å². The van der Waals surface area contributed by atoms with Crippen molar-refractivity contribution in [2.75, 3.05) is 6.54 Å². The first kappa shape index (κ1) is 12.5. The van der Waals surface area contributed by atoms with Gasteiger partial charge in [-0.2, -0.15) is 0 Å².